The van der Waals surface area contributed by atoms with E-state index in [1.165, 1.54) is 0 Å². The van der Waals surface area contributed by atoms with Crippen LogP contribution in [0.3, 0.4) is 0 Å². The number of hydrogen-bond donors (Lipinski definition) is 0. The van der Waals surface area contributed by atoms with Gasteiger partial charge in [-0.25, -0.2) is 0 Å². The lowest BCUT2D eigenvalue weighted by molar-refractivity contribution is 1.46. The average Bonchev–Trinajstić information content (AvgIpc) is 2.11. The third-order valence-electron chi connectivity index (χ3n) is 1.51. The van der Waals surface area contributed by atoms with E-state index in [0.717, 1.165) is 5.56 Å². The lowest BCUT2D eigenvalue weighted by atomic mass is 10.1. The van der Waals surface area contributed by atoms with Gasteiger partial charge in [0.15, 0.2) is 0 Å². The Hall–Kier alpha value is -0.970. The first-order chi connectivity index (χ1) is 6.13. The minimum atomic E-state index is 0.596. The van der Waals surface area contributed by atoms with Crippen LogP contribution in [0.15, 0.2) is 23.8 Å². The molecule has 66 valence electrons. The van der Waals surface area contributed by atoms with Crippen molar-refractivity contribution >= 4 is 29.3 Å². The number of nitrogens with zero attached hydrogens (tertiary/aromatic N) is 1. The minimum Gasteiger partial charge on any atom is -0.193 e. The monoisotopic (exact) mass is 211 g/mol. The van der Waals surface area contributed by atoms with Gasteiger partial charge in [0.25, 0.3) is 0 Å². The molecule has 0 N–H and O–H groups in total. The summed E-state index contributed by atoms with van der Waals surface area (Å²) in [5.41, 5.74) is 1.37. The fourth-order valence-corrected chi connectivity index (χ4v) is 1.24. The smallest absolute Gasteiger partial charge is 0.0944 e. The predicted molar refractivity (Wildman–Crippen MR) is 55.7 cm³/mol. The zero-order chi connectivity index (χ0) is 9.84. The summed E-state index contributed by atoms with van der Waals surface area (Å²) in [6.07, 6.45) is 1.70. The van der Waals surface area contributed by atoms with E-state index < -0.39 is 0 Å². The van der Waals surface area contributed by atoms with E-state index in [2.05, 4.69) is 0 Å². The Morgan fingerprint density at radius 2 is 2.15 bits per heavy atom. The first-order valence-electron chi connectivity index (χ1n) is 3.67. The fourth-order valence-electron chi connectivity index (χ4n) is 0.891. The van der Waals surface area contributed by atoms with Gasteiger partial charge in [-0.1, -0.05) is 23.2 Å². The van der Waals surface area contributed by atoms with Gasteiger partial charge in [0.2, 0.25) is 0 Å². The van der Waals surface area contributed by atoms with Crippen LogP contribution in [-0.2, 0) is 0 Å². The third-order valence-corrected chi connectivity index (χ3v) is 2.09. The number of benzene rings is 1. The summed E-state index contributed by atoms with van der Waals surface area (Å²) in [5, 5.41) is 9.77. The number of hydrogen-bond acceptors (Lipinski definition) is 1. The summed E-state index contributed by atoms with van der Waals surface area (Å²) in [6, 6.07) is 7.17. The van der Waals surface area contributed by atoms with Gasteiger partial charge in [-0.2, -0.15) is 5.26 Å². The van der Waals surface area contributed by atoms with E-state index in [-0.39, 0.29) is 0 Å². The van der Waals surface area contributed by atoms with Gasteiger partial charge in [0, 0.05) is 15.6 Å². The molecule has 0 amide bonds. The highest BCUT2D eigenvalue weighted by atomic mass is 35.5. The Kier molecular flexibility index (Phi) is 3.36. The van der Waals surface area contributed by atoms with Gasteiger partial charge in [0.1, 0.15) is 0 Å². The predicted octanol–water partition coefficient (Wildman–Crippen LogP) is 3.92. The second kappa shape index (κ2) is 4.32. The van der Waals surface area contributed by atoms with E-state index >= 15 is 0 Å². The zero-order valence-corrected chi connectivity index (χ0v) is 8.52. The Balaban J connectivity index is 3.16. The van der Waals surface area contributed by atoms with Crippen LogP contribution in [0.4, 0.5) is 0 Å². The second-order valence-corrected chi connectivity index (χ2v) is 3.45. The molecule has 0 spiro atoms. The van der Waals surface area contributed by atoms with Gasteiger partial charge >= 0.3 is 0 Å². The van der Waals surface area contributed by atoms with E-state index in [4.69, 9.17) is 28.5 Å². The van der Waals surface area contributed by atoms with Gasteiger partial charge in [0.05, 0.1) is 6.07 Å². The second-order valence-electron chi connectivity index (χ2n) is 2.60. The molecule has 0 atom stereocenters. The molecule has 13 heavy (non-hydrogen) atoms. The summed E-state index contributed by atoms with van der Waals surface area (Å²) in [6.45, 7) is 1.72. The topological polar surface area (TPSA) is 23.8 Å². The molecule has 1 aromatic rings. The van der Waals surface area contributed by atoms with Crippen molar-refractivity contribution in [1.82, 2.24) is 0 Å². The highest BCUT2D eigenvalue weighted by Crippen LogP contribution is 2.22. The Morgan fingerprint density at radius 3 is 2.77 bits per heavy atom. The molecule has 0 aliphatic carbocycles. The van der Waals surface area contributed by atoms with Gasteiger partial charge in [-0.15, -0.1) is 0 Å². The van der Waals surface area contributed by atoms with Crippen molar-refractivity contribution in [3.63, 3.8) is 0 Å². The zero-order valence-electron chi connectivity index (χ0n) is 7.01. The fraction of sp³-hybridized carbons (Fsp3) is 0.100. The summed E-state index contributed by atoms with van der Waals surface area (Å²) in [7, 11) is 0. The van der Waals surface area contributed by atoms with Crippen molar-refractivity contribution in [2.24, 2.45) is 0 Å². The van der Waals surface area contributed by atoms with E-state index in [1.54, 1.807) is 31.2 Å². The van der Waals surface area contributed by atoms with Crippen LogP contribution in [0.25, 0.3) is 6.08 Å². The maximum Gasteiger partial charge on any atom is 0.0944 e. The summed E-state index contributed by atoms with van der Waals surface area (Å²) in [4.78, 5) is 0. The summed E-state index contributed by atoms with van der Waals surface area (Å²) in [5.74, 6) is 0. The van der Waals surface area contributed by atoms with Crippen molar-refractivity contribution in [3.05, 3.63) is 39.4 Å². The van der Waals surface area contributed by atoms with Crippen LogP contribution >= 0.6 is 23.2 Å². The maximum absolute atomic E-state index is 8.56. The first kappa shape index (κ1) is 10.1. The van der Waals surface area contributed by atoms with Crippen molar-refractivity contribution in [3.8, 4) is 6.07 Å². The standard InChI is InChI=1S/C10H7Cl2N/c1-7(6-13)4-8-5-9(11)2-3-10(8)12/h2-5H,1H3. The van der Waals surface area contributed by atoms with Crippen LogP contribution in [0.2, 0.25) is 10.0 Å². The molecule has 0 fully saturated rings. The molecule has 0 aliphatic rings. The van der Waals surface area contributed by atoms with Crippen molar-refractivity contribution in [2.45, 2.75) is 6.92 Å². The number of halogens is 2. The van der Waals surface area contributed by atoms with Crippen molar-refractivity contribution in [1.29, 1.82) is 5.26 Å². The van der Waals surface area contributed by atoms with Crippen molar-refractivity contribution < 1.29 is 0 Å². The highest BCUT2D eigenvalue weighted by Gasteiger charge is 1.98. The summed E-state index contributed by atoms with van der Waals surface area (Å²) < 4.78 is 0. The maximum atomic E-state index is 8.56. The molecule has 0 saturated carbocycles. The molecule has 3 heteroatoms. The van der Waals surface area contributed by atoms with Gasteiger partial charge < -0.3 is 0 Å². The lowest BCUT2D eigenvalue weighted by Gasteiger charge is -1.98. The molecule has 0 aromatic heterocycles. The quantitative estimate of drug-likeness (QED) is 0.647. The van der Waals surface area contributed by atoms with E-state index in [9.17, 15) is 0 Å². The third kappa shape index (κ3) is 2.77. The molecule has 0 heterocycles. The molecule has 1 aromatic carbocycles. The molecule has 0 unspecified atom stereocenters. The lowest BCUT2D eigenvalue weighted by Crippen LogP contribution is -1.77. The number of nitriles is 1. The van der Waals surface area contributed by atoms with Crippen LogP contribution in [0, 0.1) is 11.3 Å². The van der Waals surface area contributed by atoms with Crippen LogP contribution < -0.4 is 0 Å². The Morgan fingerprint density at radius 1 is 1.46 bits per heavy atom. The first-order valence-corrected chi connectivity index (χ1v) is 4.42. The van der Waals surface area contributed by atoms with Gasteiger partial charge in [-0.3, -0.25) is 0 Å². The molecular formula is C10H7Cl2N. The molecule has 1 rings (SSSR count). The van der Waals surface area contributed by atoms with Crippen LogP contribution in [0.5, 0.6) is 0 Å². The molecule has 0 aliphatic heterocycles. The Bertz CT molecular complexity index is 388. The van der Waals surface area contributed by atoms with Crippen molar-refractivity contribution in [2.75, 3.05) is 0 Å². The average molecular weight is 212 g/mol. The SMILES string of the molecule is CC(C#N)=Cc1cc(Cl)ccc1Cl. The molecule has 0 radical (unpaired) electrons. The van der Waals surface area contributed by atoms with E-state index in [0.29, 0.717) is 15.6 Å². The molecule has 0 saturated heterocycles. The largest absolute Gasteiger partial charge is 0.193 e. The van der Waals surface area contributed by atoms with Gasteiger partial charge in [-0.05, 0) is 36.8 Å². The molecular weight excluding hydrogens is 205 g/mol. The Labute approximate surface area is 87.2 Å². The normalized spacial score (nSPS) is 11.1. The number of allylic oxidation sites excluding steroid dienone is 1. The molecule has 0 bridgehead atoms. The molecule has 1 nitrogen and oxygen atoms in total. The van der Waals surface area contributed by atoms with E-state index in [1.807, 2.05) is 6.07 Å². The summed E-state index contributed by atoms with van der Waals surface area (Å²) >= 11 is 11.7. The van der Waals surface area contributed by atoms with Crippen LogP contribution in [0.1, 0.15) is 12.5 Å². The highest BCUT2D eigenvalue weighted by molar-refractivity contribution is 6.34. The minimum absolute atomic E-state index is 0.596. The van der Waals surface area contributed by atoms with Crippen LogP contribution in [-0.4, -0.2) is 0 Å². The number of rotatable bonds is 1.